The Kier molecular flexibility index (Phi) is 8.71. The van der Waals surface area contributed by atoms with Gasteiger partial charge < -0.3 is 0 Å². The van der Waals surface area contributed by atoms with Gasteiger partial charge in [0.2, 0.25) is 0 Å². The van der Waals surface area contributed by atoms with Gasteiger partial charge in [0.05, 0.1) is 23.8 Å². The van der Waals surface area contributed by atoms with Crippen molar-refractivity contribution in [2.75, 3.05) is 9.80 Å². The average molecular weight is 785 g/mol. The summed E-state index contributed by atoms with van der Waals surface area (Å²) in [6.07, 6.45) is 10.7. The number of hydrogen-bond acceptors (Lipinski definition) is 6. The van der Waals surface area contributed by atoms with E-state index in [0.717, 1.165) is 72.6 Å². The summed E-state index contributed by atoms with van der Waals surface area (Å²) in [6, 6.07) is 61.0. The maximum atomic E-state index is 4.98. The summed E-state index contributed by atoms with van der Waals surface area (Å²) in [6.45, 7) is 4.68. The van der Waals surface area contributed by atoms with Crippen molar-refractivity contribution in [1.29, 1.82) is 0 Å². The summed E-state index contributed by atoms with van der Waals surface area (Å²) in [4.78, 5) is 23.7. The average Bonchev–Trinajstić information content (AvgIpc) is 3.55. The first-order chi connectivity index (χ1) is 30.0. The first-order valence-electron chi connectivity index (χ1n) is 20.6. The quantitative estimate of drug-likeness (QED) is 0.113. The van der Waals surface area contributed by atoms with Gasteiger partial charge in [-0.2, -0.15) is 0 Å². The first kappa shape index (κ1) is 36.1. The molecule has 10 aromatic rings. The summed E-state index contributed by atoms with van der Waals surface area (Å²) in [5, 5.41) is 4.28. The maximum absolute atomic E-state index is 4.98. The van der Waals surface area contributed by atoms with Crippen molar-refractivity contribution >= 4 is 55.9 Å². The number of benzene rings is 8. The van der Waals surface area contributed by atoms with E-state index >= 15 is 0 Å². The molecule has 1 aliphatic carbocycles. The van der Waals surface area contributed by atoms with E-state index in [4.69, 9.17) is 9.97 Å². The van der Waals surface area contributed by atoms with Crippen molar-refractivity contribution in [2.24, 2.45) is 0 Å². The highest BCUT2D eigenvalue weighted by atomic mass is 15.2. The van der Waals surface area contributed by atoms with Gasteiger partial charge in [-0.3, -0.25) is 19.8 Å². The van der Waals surface area contributed by atoms with Gasteiger partial charge in [-0.1, -0.05) is 147 Å². The van der Waals surface area contributed by atoms with Crippen LogP contribution in [0.4, 0.5) is 34.4 Å². The van der Waals surface area contributed by atoms with Crippen LogP contribution in [-0.4, -0.2) is 19.9 Å². The number of aromatic nitrogens is 4. The highest BCUT2D eigenvalue weighted by Crippen LogP contribution is 2.56. The van der Waals surface area contributed by atoms with Gasteiger partial charge in [0.1, 0.15) is 0 Å². The van der Waals surface area contributed by atoms with E-state index in [0.29, 0.717) is 0 Å². The van der Waals surface area contributed by atoms with E-state index in [9.17, 15) is 0 Å². The molecule has 290 valence electrons. The predicted octanol–water partition coefficient (Wildman–Crippen LogP) is 14.2. The molecule has 0 atom stereocenters. The molecule has 2 aromatic heterocycles. The SMILES string of the molecule is CC1(C)c2ccccc2-c2cc3c(N(c4ccc(-c5ccccc5)cc4)c4cnccn4)c4ccccc4c(N(c4ccc(-c5ccccc5)cc4)c4cnccn4)c3cc21. The molecule has 2 heterocycles. The summed E-state index contributed by atoms with van der Waals surface area (Å²) in [7, 11) is 0. The van der Waals surface area contributed by atoms with Crippen LogP contribution in [0.15, 0.2) is 207 Å². The Morgan fingerprint density at radius 1 is 0.377 bits per heavy atom. The molecular weight excluding hydrogens is 745 g/mol. The highest BCUT2D eigenvalue weighted by molar-refractivity contribution is 6.24. The van der Waals surface area contributed by atoms with Crippen LogP contribution in [0.1, 0.15) is 25.0 Å². The molecule has 0 spiro atoms. The normalized spacial score (nSPS) is 12.6. The Balaban J connectivity index is 1.24. The van der Waals surface area contributed by atoms with Gasteiger partial charge in [0.15, 0.2) is 11.6 Å². The van der Waals surface area contributed by atoms with Gasteiger partial charge in [-0.25, -0.2) is 9.97 Å². The minimum absolute atomic E-state index is 0.240. The number of anilines is 6. The van der Waals surface area contributed by atoms with Gasteiger partial charge in [-0.15, -0.1) is 0 Å². The van der Waals surface area contributed by atoms with Crippen molar-refractivity contribution in [1.82, 2.24) is 19.9 Å². The second-order valence-corrected chi connectivity index (χ2v) is 16.0. The van der Waals surface area contributed by atoms with E-state index in [1.165, 1.54) is 27.8 Å². The smallest absolute Gasteiger partial charge is 0.156 e. The van der Waals surface area contributed by atoms with Gasteiger partial charge in [0, 0.05) is 63.1 Å². The van der Waals surface area contributed by atoms with Crippen molar-refractivity contribution in [2.45, 2.75) is 19.3 Å². The number of fused-ring (bicyclic) bond motifs is 5. The van der Waals surface area contributed by atoms with Crippen LogP contribution in [0.5, 0.6) is 0 Å². The number of rotatable bonds is 8. The number of hydrogen-bond donors (Lipinski definition) is 0. The molecule has 0 aliphatic heterocycles. The Hall–Kier alpha value is -7.96. The topological polar surface area (TPSA) is 58.0 Å². The molecule has 0 radical (unpaired) electrons. The van der Waals surface area contributed by atoms with Crippen molar-refractivity contribution in [3.8, 4) is 33.4 Å². The second kappa shape index (κ2) is 14.7. The molecule has 11 rings (SSSR count). The van der Waals surface area contributed by atoms with Crippen LogP contribution in [0.3, 0.4) is 0 Å². The van der Waals surface area contributed by atoms with E-state index < -0.39 is 0 Å². The Bertz CT molecular complexity index is 3190. The molecule has 6 heteroatoms. The molecule has 0 saturated carbocycles. The summed E-state index contributed by atoms with van der Waals surface area (Å²) in [5.41, 5.74) is 13.4. The minimum atomic E-state index is -0.240. The fourth-order valence-electron chi connectivity index (χ4n) is 9.24. The Morgan fingerprint density at radius 3 is 1.31 bits per heavy atom. The van der Waals surface area contributed by atoms with Gasteiger partial charge in [-0.05, 0) is 80.9 Å². The first-order valence-corrected chi connectivity index (χ1v) is 20.6. The molecule has 61 heavy (non-hydrogen) atoms. The largest absolute Gasteiger partial charge is 0.293 e. The molecule has 0 amide bonds. The van der Waals surface area contributed by atoms with Crippen molar-refractivity contribution in [3.05, 3.63) is 218 Å². The summed E-state index contributed by atoms with van der Waals surface area (Å²) in [5.74, 6) is 1.44. The molecule has 8 aromatic carbocycles. The molecular formula is C55H40N6. The molecule has 0 saturated heterocycles. The lowest BCUT2D eigenvalue weighted by Crippen LogP contribution is -2.17. The molecule has 0 unspecified atom stereocenters. The summed E-state index contributed by atoms with van der Waals surface area (Å²) < 4.78 is 0. The van der Waals surface area contributed by atoms with Crippen LogP contribution < -0.4 is 9.80 Å². The third-order valence-electron chi connectivity index (χ3n) is 12.1. The van der Waals surface area contributed by atoms with Crippen LogP contribution in [-0.2, 0) is 5.41 Å². The predicted molar refractivity (Wildman–Crippen MR) is 250 cm³/mol. The third kappa shape index (κ3) is 6.11. The van der Waals surface area contributed by atoms with Crippen LogP contribution in [0.2, 0.25) is 0 Å². The van der Waals surface area contributed by atoms with Gasteiger partial charge >= 0.3 is 0 Å². The maximum Gasteiger partial charge on any atom is 0.156 e. The number of nitrogens with zero attached hydrogens (tertiary/aromatic N) is 6. The van der Waals surface area contributed by atoms with Gasteiger partial charge in [0.25, 0.3) is 0 Å². The lowest BCUT2D eigenvalue weighted by Gasteiger charge is -2.32. The molecule has 6 nitrogen and oxygen atoms in total. The zero-order valence-corrected chi connectivity index (χ0v) is 33.8. The van der Waals surface area contributed by atoms with E-state index in [2.05, 4.69) is 203 Å². The summed E-state index contributed by atoms with van der Waals surface area (Å²) >= 11 is 0. The Labute approximate surface area is 355 Å². The van der Waals surface area contributed by atoms with E-state index in [1.807, 2.05) is 12.4 Å². The van der Waals surface area contributed by atoms with E-state index in [-0.39, 0.29) is 5.41 Å². The van der Waals surface area contributed by atoms with Crippen molar-refractivity contribution in [3.63, 3.8) is 0 Å². The minimum Gasteiger partial charge on any atom is -0.293 e. The molecule has 1 aliphatic rings. The molecule has 0 fully saturated rings. The Morgan fingerprint density at radius 2 is 0.820 bits per heavy atom. The highest BCUT2D eigenvalue weighted by Gasteiger charge is 2.37. The van der Waals surface area contributed by atoms with Crippen molar-refractivity contribution < 1.29 is 0 Å². The zero-order valence-electron chi connectivity index (χ0n) is 33.8. The molecule has 0 bridgehead atoms. The van der Waals surface area contributed by atoms with Crippen LogP contribution in [0.25, 0.3) is 54.9 Å². The third-order valence-corrected chi connectivity index (χ3v) is 12.1. The fourth-order valence-corrected chi connectivity index (χ4v) is 9.24. The monoisotopic (exact) mass is 784 g/mol. The zero-order chi connectivity index (χ0) is 40.9. The molecule has 0 N–H and O–H groups in total. The standard InChI is InChI=1S/C55H40N6/c1-55(2)49-20-12-11-17-43(49)46-33-47-48(34-50(46)55)54(61(52-36-57-30-32-59-52)42-27-23-40(24-28-42)38-15-7-4-8-16-38)45-19-10-9-18-44(45)53(47)60(51-35-56-29-31-58-51)41-25-21-39(22-26-41)37-13-5-3-6-14-37/h3-36H,1-2H3. The lowest BCUT2D eigenvalue weighted by atomic mass is 9.81. The fraction of sp³-hybridized carbons (Fsp3) is 0.0545. The van der Waals surface area contributed by atoms with Crippen LogP contribution >= 0.6 is 0 Å². The lowest BCUT2D eigenvalue weighted by molar-refractivity contribution is 0.661. The van der Waals surface area contributed by atoms with E-state index in [1.54, 1.807) is 24.8 Å². The second-order valence-electron chi connectivity index (χ2n) is 16.0. The van der Waals surface area contributed by atoms with Crippen LogP contribution in [0, 0.1) is 0 Å².